The number of nitrogens with zero attached hydrogens (tertiary/aromatic N) is 3. The third-order valence-electron chi connectivity index (χ3n) is 4.35. The van der Waals surface area contributed by atoms with E-state index in [9.17, 15) is 5.11 Å². The molecule has 0 atom stereocenters. The second-order valence-corrected chi connectivity index (χ2v) is 6.06. The summed E-state index contributed by atoms with van der Waals surface area (Å²) in [4.78, 5) is 8.78. The first-order valence-electron chi connectivity index (χ1n) is 8.25. The molecule has 1 aliphatic rings. The monoisotopic (exact) mass is 340 g/mol. The van der Waals surface area contributed by atoms with E-state index in [2.05, 4.69) is 15.3 Å². The van der Waals surface area contributed by atoms with Crippen molar-refractivity contribution in [3.05, 3.63) is 42.4 Å². The number of pyridine rings is 2. The summed E-state index contributed by atoms with van der Waals surface area (Å²) in [6.45, 7) is 1.98. The quantitative estimate of drug-likeness (QED) is 0.716. The van der Waals surface area contributed by atoms with Gasteiger partial charge in [0.25, 0.3) is 0 Å². The summed E-state index contributed by atoms with van der Waals surface area (Å²) in [5, 5.41) is 14.8. The summed E-state index contributed by atoms with van der Waals surface area (Å²) < 4.78 is 12.2. The number of rotatable bonds is 6. The highest BCUT2D eigenvalue weighted by Crippen LogP contribution is 2.33. The molecule has 0 radical (unpaired) electrons. The van der Waals surface area contributed by atoms with Crippen molar-refractivity contribution in [2.75, 3.05) is 25.6 Å². The van der Waals surface area contributed by atoms with Gasteiger partial charge in [-0.15, -0.1) is 0 Å². The summed E-state index contributed by atoms with van der Waals surface area (Å²) in [5.41, 5.74) is 2.56. The van der Waals surface area contributed by atoms with Crippen LogP contribution in [-0.2, 0) is 17.7 Å². The lowest BCUT2D eigenvalue weighted by Gasteiger charge is -2.28. The van der Waals surface area contributed by atoms with E-state index in [0.29, 0.717) is 32.1 Å². The highest BCUT2D eigenvalue weighted by atomic mass is 16.5. The average molecular weight is 340 g/mol. The molecule has 4 heterocycles. The zero-order valence-electron chi connectivity index (χ0n) is 14.0. The Labute approximate surface area is 145 Å². The van der Waals surface area contributed by atoms with Crippen LogP contribution in [0.1, 0.15) is 5.69 Å². The van der Waals surface area contributed by atoms with Crippen LogP contribution in [0.5, 0.6) is 11.8 Å². The highest BCUT2D eigenvalue weighted by molar-refractivity contribution is 5.96. The maximum absolute atomic E-state index is 10.7. The van der Waals surface area contributed by atoms with Gasteiger partial charge in [0.2, 0.25) is 11.8 Å². The van der Waals surface area contributed by atoms with Crippen LogP contribution in [-0.4, -0.2) is 46.0 Å². The molecule has 2 N–H and O–H groups in total. The minimum Gasteiger partial charge on any atom is -0.494 e. The first-order chi connectivity index (χ1) is 12.2. The molecule has 3 aromatic rings. The fourth-order valence-corrected chi connectivity index (χ4v) is 2.94. The van der Waals surface area contributed by atoms with E-state index in [1.54, 1.807) is 17.9 Å². The molecule has 0 aromatic carbocycles. The van der Waals surface area contributed by atoms with Crippen molar-refractivity contribution in [1.29, 1.82) is 0 Å². The number of anilines is 1. The molecule has 130 valence electrons. The Hall–Kier alpha value is -2.80. The maximum atomic E-state index is 10.7. The van der Waals surface area contributed by atoms with Gasteiger partial charge < -0.3 is 24.5 Å². The SMILES string of the molecule is COc1cccc(CCn2cc3nccc(NC4COC4)c3c2O)n1. The van der Waals surface area contributed by atoms with E-state index in [0.717, 1.165) is 22.3 Å². The molecule has 0 saturated carbocycles. The first-order valence-corrected chi connectivity index (χ1v) is 8.25. The zero-order chi connectivity index (χ0) is 17.2. The summed E-state index contributed by atoms with van der Waals surface area (Å²) >= 11 is 0. The van der Waals surface area contributed by atoms with Crippen LogP contribution < -0.4 is 10.1 Å². The predicted octanol–water partition coefficient (Wildman–Crippen LogP) is 2.20. The molecule has 1 fully saturated rings. The Morgan fingerprint density at radius 3 is 3.00 bits per heavy atom. The third-order valence-corrected chi connectivity index (χ3v) is 4.35. The highest BCUT2D eigenvalue weighted by Gasteiger charge is 2.21. The van der Waals surface area contributed by atoms with E-state index >= 15 is 0 Å². The molecule has 0 aliphatic carbocycles. The van der Waals surface area contributed by atoms with Gasteiger partial charge in [-0.05, 0) is 12.1 Å². The molecule has 7 nitrogen and oxygen atoms in total. The summed E-state index contributed by atoms with van der Waals surface area (Å²) in [7, 11) is 1.60. The summed E-state index contributed by atoms with van der Waals surface area (Å²) in [5.74, 6) is 0.809. The number of methoxy groups -OCH3 is 1. The minimum atomic E-state index is 0.216. The van der Waals surface area contributed by atoms with Gasteiger partial charge in [0.1, 0.15) is 0 Å². The van der Waals surface area contributed by atoms with Gasteiger partial charge in [0.15, 0.2) is 0 Å². The second kappa shape index (κ2) is 6.60. The normalized spacial score (nSPS) is 14.4. The van der Waals surface area contributed by atoms with Crippen LogP contribution in [0.25, 0.3) is 10.9 Å². The third kappa shape index (κ3) is 3.10. The van der Waals surface area contributed by atoms with Gasteiger partial charge in [0.05, 0.1) is 43.0 Å². The van der Waals surface area contributed by atoms with Crippen LogP contribution in [0.2, 0.25) is 0 Å². The number of aryl methyl sites for hydroxylation is 2. The molecule has 1 aliphatic heterocycles. The molecule has 25 heavy (non-hydrogen) atoms. The number of hydrogen-bond acceptors (Lipinski definition) is 6. The van der Waals surface area contributed by atoms with Gasteiger partial charge in [0, 0.05) is 37.1 Å². The lowest BCUT2D eigenvalue weighted by atomic mass is 10.2. The van der Waals surface area contributed by atoms with Crippen molar-refractivity contribution in [3.63, 3.8) is 0 Å². The molecule has 0 unspecified atom stereocenters. The number of ether oxygens (including phenoxy) is 2. The Kier molecular flexibility index (Phi) is 4.15. The topological polar surface area (TPSA) is 81.4 Å². The number of aromatic nitrogens is 3. The van der Waals surface area contributed by atoms with E-state index in [1.807, 2.05) is 30.5 Å². The van der Waals surface area contributed by atoms with Crippen LogP contribution in [0, 0.1) is 0 Å². The van der Waals surface area contributed by atoms with Crippen molar-refractivity contribution >= 4 is 16.6 Å². The molecule has 3 aromatic heterocycles. The Morgan fingerprint density at radius 1 is 1.36 bits per heavy atom. The molecule has 4 rings (SSSR count). The number of nitrogens with one attached hydrogen (secondary N) is 1. The molecule has 1 saturated heterocycles. The molecule has 7 heteroatoms. The number of aromatic hydroxyl groups is 1. The van der Waals surface area contributed by atoms with E-state index in [1.165, 1.54) is 0 Å². The smallest absolute Gasteiger partial charge is 0.213 e. The lowest BCUT2D eigenvalue weighted by Crippen LogP contribution is -2.40. The fourth-order valence-electron chi connectivity index (χ4n) is 2.94. The van der Waals surface area contributed by atoms with Crippen molar-refractivity contribution < 1.29 is 14.6 Å². The van der Waals surface area contributed by atoms with Crippen molar-refractivity contribution in [3.8, 4) is 11.8 Å². The molecule has 0 amide bonds. The number of fused-ring (bicyclic) bond motifs is 1. The first kappa shape index (κ1) is 15.7. The van der Waals surface area contributed by atoms with E-state index in [4.69, 9.17) is 9.47 Å². The molecule has 0 spiro atoms. The average Bonchev–Trinajstić information content (AvgIpc) is 2.93. The fraction of sp³-hybridized carbons (Fsp3) is 0.333. The largest absolute Gasteiger partial charge is 0.494 e. The van der Waals surface area contributed by atoms with Gasteiger partial charge in [-0.3, -0.25) is 4.98 Å². The Bertz CT molecular complexity index is 889. The van der Waals surface area contributed by atoms with Crippen LogP contribution in [0.4, 0.5) is 5.69 Å². The lowest BCUT2D eigenvalue weighted by molar-refractivity contribution is 0.0211. The number of hydrogen-bond donors (Lipinski definition) is 2. The molecular formula is C18H20N4O3. The van der Waals surface area contributed by atoms with Crippen molar-refractivity contribution in [2.45, 2.75) is 19.0 Å². The standard InChI is InChI=1S/C18H20N4O3/c1-24-16-4-2-3-12(21-16)6-8-22-9-15-17(18(22)23)14(5-7-19-15)20-13-10-25-11-13/h2-5,7,9,13,20,23H,6,8,10-11H2,1H3. The minimum absolute atomic E-state index is 0.216. The van der Waals surface area contributed by atoms with Crippen molar-refractivity contribution in [2.24, 2.45) is 0 Å². The van der Waals surface area contributed by atoms with Gasteiger partial charge in [-0.1, -0.05) is 6.07 Å². The van der Waals surface area contributed by atoms with Crippen molar-refractivity contribution in [1.82, 2.24) is 14.5 Å². The van der Waals surface area contributed by atoms with Crippen LogP contribution in [0.15, 0.2) is 36.7 Å². The van der Waals surface area contributed by atoms with Gasteiger partial charge >= 0.3 is 0 Å². The van der Waals surface area contributed by atoms with E-state index < -0.39 is 0 Å². The second-order valence-electron chi connectivity index (χ2n) is 6.06. The zero-order valence-corrected chi connectivity index (χ0v) is 14.0. The van der Waals surface area contributed by atoms with Crippen LogP contribution >= 0.6 is 0 Å². The van der Waals surface area contributed by atoms with Crippen LogP contribution in [0.3, 0.4) is 0 Å². The summed E-state index contributed by atoms with van der Waals surface area (Å²) in [6.07, 6.45) is 4.30. The predicted molar refractivity (Wildman–Crippen MR) is 94.1 cm³/mol. The van der Waals surface area contributed by atoms with Gasteiger partial charge in [-0.2, -0.15) is 0 Å². The maximum Gasteiger partial charge on any atom is 0.213 e. The molecule has 0 bridgehead atoms. The summed E-state index contributed by atoms with van der Waals surface area (Å²) in [6, 6.07) is 7.85. The Balaban J connectivity index is 1.57. The van der Waals surface area contributed by atoms with E-state index in [-0.39, 0.29) is 11.9 Å². The Morgan fingerprint density at radius 2 is 2.24 bits per heavy atom. The molecular weight excluding hydrogens is 320 g/mol. The van der Waals surface area contributed by atoms with Gasteiger partial charge in [-0.25, -0.2) is 4.98 Å².